The molecular weight excluding hydrogens is 258 g/mol. The monoisotopic (exact) mass is 273 g/mol. The van der Waals surface area contributed by atoms with Crippen LogP contribution < -0.4 is 21.3 Å². The van der Waals surface area contributed by atoms with E-state index in [4.69, 9.17) is 10.6 Å². The highest BCUT2D eigenvalue weighted by molar-refractivity contribution is 5.89. The third-order valence-electron chi connectivity index (χ3n) is 2.72. The molecular formula is C14H15N3O3. The molecule has 0 atom stereocenters. The Morgan fingerprint density at radius 2 is 1.80 bits per heavy atom. The Morgan fingerprint density at radius 3 is 2.60 bits per heavy atom. The molecule has 2 amide bonds. The summed E-state index contributed by atoms with van der Waals surface area (Å²) < 4.78 is 5.47. The summed E-state index contributed by atoms with van der Waals surface area (Å²) in [6, 6.07) is 13.3. The molecule has 2 aromatic rings. The highest BCUT2D eigenvalue weighted by Gasteiger charge is 2.07. The van der Waals surface area contributed by atoms with E-state index in [0.29, 0.717) is 5.75 Å². The van der Waals surface area contributed by atoms with E-state index >= 15 is 0 Å². The first-order chi connectivity index (χ1) is 9.70. The number of carbonyl (C=O) groups is 2. The van der Waals surface area contributed by atoms with Crippen molar-refractivity contribution in [2.45, 2.75) is 0 Å². The van der Waals surface area contributed by atoms with Crippen molar-refractivity contribution < 1.29 is 14.3 Å². The van der Waals surface area contributed by atoms with Gasteiger partial charge in [0, 0.05) is 5.39 Å². The van der Waals surface area contributed by atoms with Crippen LogP contribution in [0.2, 0.25) is 0 Å². The van der Waals surface area contributed by atoms with Crippen LogP contribution in [0.15, 0.2) is 42.5 Å². The molecule has 0 aliphatic heterocycles. The van der Waals surface area contributed by atoms with E-state index in [1.54, 1.807) is 6.07 Å². The van der Waals surface area contributed by atoms with Gasteiger partial charge < -0.3 is 10.1 Å². The van der Waals surface area contributed by atoms with Crippen molar-refractivity contribution >= 4 is 22.6 Å². The van der Waals surface area contributed by atoms with Crippen molar-refractivity contribution in [3.05, 3.63) is 42.5 Å². The molecule has 4 N–H and O–H groups in total. The third kappa shape index (κ3) is 3.46. The quantitative estimate of drug-likeness (QED) is 0.415. The number of benzene rings is 2. The van der Waals surface area contributed by atoms with Crippen LogP contribution in [0.5, 0.6) is 5.75 Å². The van der Waals surface area contributed by atoms with Crippen molar-refractivity contribution in [2.24, 2.45) is 5.84 Å². The molecule has 104 valence electrons. The summed E-state index contributed by atoms with van der Waals surface area (Å²) in [6.07, 6.45) is 0. The van der Waals surface area contributed by atoms with E-state index in [1.807, 2.05) is 41.8 Å². The predicted molar refractivity (Wildman–Crippen MR) is 74.8 cm³/mol. The van der Waals surface area contributed by atoms with Crippen molar-refractivity contribution in [3.8, 4) is 5.75 Å². The second-order valence-electron chi connectivity index (χ2n) is 4.11. The minimum absolute atomic E-state index is 0.161. The standard InChI is InChI=1S/C14H15N3O3/c15-17-13(18)8-16-14(19)9-20-12-7-3-5-10-4-1-2-6-11(10)12/h1-7H,8-9,15H2,(H,16,19)(H,17,18). The first-order valence-corrected chi connectivity index (χ1v) is 6.07. The lowest BCUT2D eigenvalue weighted by Crippen LogP contribution is -2.41. The molecule has 0 spiro atoms. The largest absolute Gasteiger partial charge is 0.483 e. The highest BCUT2D eigenvalue weighted by atomic mass is 16.5. The molecule has 0 unspecified atom stereocenters. The lowest BCUT2D eigenvalue weighted by atomic mass is 10.1. The van der Waals surface area contributed by atoms with Crippen molar-refractivity contribution in [2.75, 3.05) is 13.2 Å². The van der Waals surface area contributed by atoms with E-state index in [0.717, 1.165) is 10.8 Å². The fraction of sp³-hybridized carbons (Fsp3) is 0.143. The second kappa shape index (κ2) is 6.53. The fourth-order valence-electron chi connectivity index (χ4n) is 1.75. The van der Waals surface area contributed by atoms with Gasteiger partial charge in [0.05, 0.1) is 6.54 Å². The molecule has 20 heavy (non-hydrogen) atoms. The van der Waals surface area contributed by atoms with Gasteiger partial charge in [-0.2, -0.15) is 0 Å². The molecule has 0 bridgehead atoms. The number of hydrogen-bond acceptors (Lipinski definition) is 4. The van der Waals surface area contributed by atoms with Crippen LogP contribution >= 0.6 is 0 Å². The number of nitrogens with two attached hydrogens (primary N) is 1. The SMILES string of the molecule is NNC(=O)CNC(=O)COc1cccc2ccccc12. The number of hydrogen-bond donors (Lipinski definition) is 3. The molecule has 2 aromatic carbocycles. The van der Waals surface area contributed by atoms with Gasteiger partial charge in [0.2, 0.25) is 0 Å². The lowest BCUT2D eigenvalue weighted by Gasteiger charge is -2.09. The lowest BCUT2D eigenvalue weighted by molar-refractivity contribution is -0.127. The van der Waals surface area contributed by atoms with Crippen molar-refractivity contribution in [1.29, 1.82) is 0 Å². The maximum absolute atomic E-state index is 11.5. The molecule has 0 saturated heterocycles. The van der Waals surface area contributed by atoms with Gasteiger partial charge in [-0.05, 0) is 11.5 Å². The van der Waals surface area contributed by atoms with Gasteiger partial charge in [0.15, 0.2) is 6.61 Å². The first-order valence-electron chi connectivity index (χ1n) is 6.07. The predicted octanol–water partition coefficient (Wildman–Crippen LogP) is 0.325. The van der Waals surface area contributed by atoms with Crippen LogP contribution in [0.4, 0.5) is 0 Å². The summed E-state index contributed by atoms with van der Waals surface area (Å²) in [7, 11) is 0. The van der Waals surface area contributed by atoms with E-state index in [9.17, 15) is 9.59 Å². The smallest absolute Gasteiger partial charge is 0.258 e. The number of hydrazine groups is 1. The normalized spacial score (nSPS) is 10.1. The molecule has 2 rings (SSSR count). The summed E-state index contributed by atoms with van der Waals surface area (Å²) in [4.78, 5) is 22.4. The zero-order valence-corrected chi connectivity index (χ0v) is 10.8. The molecule has 0 aliphatic carbocycles. The maximum atomic E-state index is 11.5. The van der Waals surface area contributed by atoms with Crippen LogP contribution in [0.25, 0.3) is 10.8 Å². The molecule has 6 heteroatoms. The Balaban J connectivity index is 1.96. The summed E-state index contributed by atoms with van der Waals surface area (Å²) in [5.74, 6) is 4.67. The van der Waals surface area contributed by atoms with Crippen molar-refractivity contribution in [1.82, 2.24) is 10.7 Å². The number of rotatable bonds is 5. The Bertz CT molecular complexity index is 623. The van der Waals surface area contributed by atoms with Crippen molar-refractivity contribution in [3.63, 3.8) is 0 Å². The summed E-state index contributed by atoms with van der Waals surface area (Å²) in [6.45, 7) is -0.333. The number of nitrogens with one attached hydrogen (secondary N) is 2. The van der Waals surface area contributed by atoms with Gasteiger partial charge in [-0.1, -0.05) is 36.4 Å². The van der Waals surface area contributed by atoms with Crippen LogP contribution in [0, 0.1) is 0 Å². The average Bonchev–Trinajstić information content (AvgIpc) is 2.50. The molecule has 0 heterocycles. The number of ether oxygens (including phenoxy) is 1. The van der Waals surface area contributed by atoms with Gasteiger partial charge in [-0.25, -0.2) is 5.84 Å². The van der Waals surface area contributed by atoms with Gasteiger partial charge in [0.1, 0.15) is 5.75 Å². The topological polar surface area (TPSA) is 93.5 Å². The van der Waals surface area contributed by atoms with Gasteiger partial charge >= 0.3 is 0 Å². The van der Waals surface area contributed by atoms with Gasteiger partial charge in [0.25, 0.3) is 11.8 Å². The highest BCUT2D eigenvalue weighted by Crippen LogP contribution is 2.24. The molecule has 0 saturated carbocycles. The van der Waals surface area contributed by atoms with E-state index in [1.165, 1.54) is 0 Å². The van der Waals surface area contributed by atoms with Crippen LogP contribution in [-0.4, -0.2) is 25.0 Å². The maximum Gasteiger partial charge on any atom is 0.258 e. The molecule has 0 fully saturated rings. The Labute approximate surface area is 115 Å². The Hall–Kier alpha value is -2.60. The summed E-state index contributed by atoms with van der Waals surface area (Å²) in [5.41, 5.74) is 1.92. The molecule has 0 aromatic heterocycles. The fourth-order valence-corrected chi connectivity index (χ4v) is 1.75. The Kier molecular flexibility index (Phi) is 4.52. The van der Waals surface area contributed by atoms with Crippen LogP contribution in [0.1, 0.15) is 0 Å². The zero-order valence-electron chi connectivity index (χ0n) is 10.8. The Morgan fingerprint density at radius 1 is 1.05 bits per heavy atom. The number of amides is 2. The minimum atomic E-state index is -0.469. The van der Waals surface area contributed by atoms with E-state index in [-0.39, 0.29) is 19.1 Å². The van der Waals surface area contributed by atoms with Crippen LogP contribution in [0.3, 0.4) is 0 Å². The second-order valence-corrected chi connectivity index (χ2v) is 4.11. The summed E-state index contributed by atoms with van der Waals surface area (Å²) in [5, 5.41) is 4.36. The van der Waals surface area contributed by atoms with E-state index in [2.05, 4.69) is 5.32 Å². The number of fused-ring (bicyclic) bond motifs is 1. The van der Waals surface area contributed by atoms with E-state index < -0.39 is 5.91 Å². The third-order valence-corrected chi connectivity index (χ3v) is 2.72. The van der Waals surface area contributed by atoms with Crippen LogP contribution in [-0.2, 0) is 9.59 Å². The molecule has 6 nitrogen and oxygen atoms in total. The molecule has 0 aliphatic rings. The number of carbonyl (C=O) groups excluding carboxylic acids is 2. The summed E-state index contributed by atoms with van der Waals surface area (Å²) >= 11 is 0. The van der Waals surface area contributed by atoms with Gasteiger partial charge in [-0.3, -0.25) is 15.0 Å². The minimum Gasteiger partial charge on any atom is -0.483 e. The average molecular weight is 273 g/mol. The first kappa shape index (κ1) is 13.8. The van der Waals surface area contributed by atoms with Gasteiger partial charge in [-0.15, -0.1) is 0 Å². The zero-order chi connectivity index (χ0) is 14.4. The molecule has 0 radical (unpaired) electrons.